The van der Waals surface area contributed by atoms with Crippen LogP contribution in [-0.2, 0) is 13.0 Å². The van der Waals surface area contributed by atoms with Crippen molar-refractivity contribution >= 4 is 16.7 Å². The first-order valence-electron chi connectivity index (χ1n) is 6.84. The Labute approximate surface area is 118 Å². The molecule has 3 rings (SSSR count). The molecule has 0 atom stereocenters. The fourth-order valence-electron chi connectivity index (χ4n) is 2.49. The van der Waals surface area contributed by atoms with Crippen LogP contribution in [0.3, 0.4) is 0 Å². The van der Waals surface area contributed by atoms with Crippen molar-refractivity contribution in [3.8, 4) is 0 Å². The fourth-order valence-corrected chi connectivity index (χ4v) is 2.49. The molecule has 20 heavy (non-hydrogen) atoms. The van der Waals surface area contributed by atoms with Gasteiger partial charge in [0.15, 0.2) is 0 Å². The van der Waals surface area contributed by atoms with Gasteiger partial charge in [-0.15, -0.1) is 0 Å². The standard InChI is InChI=1S/C16H18N4/c1-3-16-19-14-9-12(17)7-8-15(14)20(16)10-13-6-4-5-11(2)18-13/h4-9H,3,10,17H2,1-2H3. The SMILES string of the molecule is CCc1nc2cc(N)ccc2n1Cc1cccc(C)n1. The summed E-state index contributed by atoms with van der Waals surface area (Å²) in [5.41, 5.74) is 10.7. The van der Waals surface area contributed by atoms with E-state index in [1.165, 1.54) is 0 Å². The number of fused-ring (bicyclic) bond motifs is 1. The molecule has 2 N–H and O–H groups in total. The van der Waals surface area contributed by atoms with Gasteiger partial charge in [-0.3, -0.25) is 4.98 Å². The van der Waals surface area contributed by atoms with Crippen LogP contribution in [0.2, 0.25) is 0 Å². The third kappa shape index (κ3) is 2.25. The van der Waals surface area contributed by atoms with Gasteiger partial charge in [0.2, 0.25) is 0 Å². The first kappa shape index (κ1) is 12.7. The van der Waals surface area contributed by atoms with E-state index in [-0.39, 0.29) is 0 Å². The minimum Gasteiger partial charge on any atom is -0.399 e. The summed E-state index contributed by atoms with van der Waals surface area (Å²) in [5, 5.41) is 0. The normalized spacial score (nSPS) is 11.1. The van der Waals surface area contributed by atoms with Crippen LogP contribution >= 0.6 is 0 Å². The number of anilines is 1. The van der Waals surface area contributed by atoms with Crippen LogP contribution in [0, 0.1) is 6.92 Å². The first-order valence-corrected chi connectivity index (χ1v) is 6.84. The van der Waals surface area contributed by atoms with Crippen LogP contribution in [-0.4, -0.2) is 14.5 Å². The van der Waals surface area contributed by atoms with Gasteiger partial charge in [0.25, 0.3) is 0 Å². The van der Waals surface area contributed by atoms with Gasteiger partial charge in [-0.05, 0) is 37.3 Å². The maximum Gasteiger partial charge on any atom is 0.109 e. The van der Waals surface area contributed by atoms with Gasteiger partial charge in [-0.2, -0.15) is 0 Å². The Morgan fingerprint density at radius 2 is 2.00 bits per heavy atom. The smallest absolute Gasteiger partial charge is 0.109 e. The number of imidazole rings is 1. The molecule has 0 saturated heterocycles. The van der Waals surface area contributed by atoms with Crippen LogP contribution in [0.4, 0.5) is 5.69 Å². The van der Waals surface area contributed by atoms with Crippen molar-refractivity contribution < 1.29 is 0 Å². The molecule has 0 saturated carbocycles. The molecule has 2 aromatic heterocycles. The number of aryl methyl sites for hydroxylation is 2. The molecule has 0 spiro atoms. The van der Waals surface area contributed by atoms with Gasteiger partial charge in [0.1, 0.15) is 5.82 Å². The van der Waals surface area contributed by atoms with Crippen molar-refractivity contribution in [3.05, 3.63) is 53.6 Å². The Kier molecular flexibility index (Phi) is 3.14. The van der Waals surface area contributed by atoms with Gasteiger partial charge in [-0.1, -0.05) is 13.0 Å². The van der Waals surface area contributed by atoms with Gasteiger partial charge in [0, 0.05) is 17.8 Å². The maximum absolute atomic E-state index is 5.84. The van der Waals surface area contributed by atoms with E-state index >= 15 is 0 Å². The van der Waals surface area contributed by atoms with Crippen LogP contribution in [0.5, 0.6) is 0 Å². The molecule has 3 aromatic rings. The van der Waals surface area contributed by atoms with Gasteiger partial charge >= 0.3 is 0 Å². The Balaban J connectivity index is 2.10. The van der Waals surface area contributed by atoms with Crippen LogP contribution in [0.15, 0.2) is 36.4 Å². The molecule has 0 unspecified atom stereocenters. The van der Waals surface area contributed by atoms with E-state index in [1.54, 1.807) is 0 Å². The van der Waals surface area contributed by atoms with E-state index in [4.69, 9.17) is 5.73 Å². The van der Waals surface area contributed by atoms with Crippen molar-refractivity contribution in [1.82, 2.24) is 14.5 Å². The number of nitrogen functional groups attached to an aromatic ring is 1. The summed E-state index contributed by atoms with van der Waals surface area (Å²) in [6, 6.07) is 12.0. The molecule has 0 fully saturated rings. The average molecular weight is 266 g/mol. The monoisotopic (exact) mass is 266 g/mol. The predicted molar refractivity (Wildman–Crippen MR) is 81.6 cm³/mol. The van der Waals surface area contributed by atoms with Gasteiger partial charge in [-0.25, -0.2) is 4.98 Å². The van der Waals surface area contributed by atoms with E-state index in [0.717, 1.165) is 46.9 Å². The molecular weight excluding hydrogens is 248 g/mol. The second-order valence-electron chi connectivity index (χ2n) is 4.99. The highest BCUT2D eigenvalue weighted by Gasteiger charge is 2.10. The van der Waals surface area contributed by atoms with E-state index in [0.29, 0.717) is 0 Å². The van der Waals surface area contributed by atoms with Crippen molar-refractivity contribution in [2.75, 3.05) is 5.73 Å². The number of benzene rings is 1. The van der Waals surface area contributed by atoms with Crippen LogP contribution in [0.1, 0.15) is 24.1 Å². The lowest BCUT2D eigenvalue weighted by atomic mass is 10.2. The molecule has 1 aromatic carbocycles. The molecule has 2 heterocycles. The average Bonchev–Trinajstić information content (AvgIpc) is 2.76. The third-order valence-electron chi connectivity index (χ3n) is 3.43. The number of aromatic nitrogens is 3. The lowest BCUT2D eigenvalue weighted by Crippen LogP contribution is -2.06. The quantitative estimate of drug-likeness (QED) is 0.741. The topological polar surface area (TPSA) is 56.7 Å². The van der Waals surface area contributed by atoms with Crippen molar-refractivity contribution in [2.24, 2.45) is 0 Å². The summed E-state index contributed by atoms with van der Waals surface area (Å²) >= 11 is 0. The van der Waals surface area contributed by atoms with Gasteiger partial charge in [0.05, 0.1) is 23.3 Å². The Hall–Kier alpha value is -2.36. The third-order valence-corrected chi connectivity index (χ3v) is 3.43. The van der Waals surface area contributed by atoms with E-state index in [2.05, 4.69) is 27.5 Å². The zero-order chi connectivity index (χ0) is 14.1. The molecule has 0 aliphatic rings. The van der Waals surface area contributed by atoms with Crippen molar-refractivity contribution in [2.45, 2.75) is 26.8 Å². The summed E-state index contributed by atoms with van der Waals surface area (Å²) in [7, 11) is 0. The summed E-state index contributed by atoms with van der Waals surface area (Å²) < 4.78 is 2.22. The number of hydrogen-bond donors (Lipinski definition) is 1. The fraction of sp³-hybridized carbons (Fsp3) is 0.250. The number of pyridine rings is 1. The number of nitrogens with zero attached hydrogens (tertiary/aromatic N) is 3. The summed E-state index contributed by atoms with van der Waals surface area (Å²) in [4.78, 5) is 9.24. The van der Waals surface area contributed by atoms with Crippen molar-refractivity contribution in [1.29, 1.82) is 0 Å². The molecular formula is C16H18N4. The second kappa shape index (κ2) is 4.96. The van der Waals surface area contributed by atoms with Gasteiger partial charge < -0.3 is 10.3 Å². The van der Waals surface area contributed by atoms with Crippen LogP contribution in [0.25, 0.3) is 11.0 Å². The molecule has 4 heteroatoms. The lowest BCUT2D eigenvalue weighted by molar-refractivity contribution is 0.734. The zero-order valence-electron chi connectivity index (χ0n) is 11.8. The largest absolute Gasteiger partial charge is 0.399 e. The second-order valence-corrected chi connectivity index (χ2v) is 4.99. The highest BCUT2D eigenvalue weighted by molar-refractivity contribution is 5.79. The molecule has 4 nitrogen and oxygen atoms in total. The minimum absolute atomic E-state index is 0.741. The highest BCUT2D eigenvalue weighted by Crippen LogP contribution is 2.20. The molecule has 0 bridgehead atoms. The highest BCUT2D eigenvalue weighted by atomic mass is 15.1. The molecule has 0 amide bonds. The molecule has 0 radical (unpaired) electrons. The van der Waals surface area contributed by atoms with E-state index in [1.807, 2.05) is 37.3 Å². The number of hydrogen-bond acceptors (Lipinski definition) is 3. The Morgan fingerprint density at radius 1 is 1.15 bits per heavy atom. The maximum atomic E-state index is 5.84. The number of nitrogens with two attached hydrogens (primary N) is 1. The Morgan fingerprint density at radius 3 is 2.75 bits per heavy atom. The zero-order valence-corrected chi connectivity index (χ0v) is 11.8. The Bertz CT molecular complexity index is 758. The first-order chi connectivity index (χ1) is 9.67. The molecule has 102 valence electrons. The van der Waals surface area contributed by atoms with Crippen LogP contribution < -0.4 is 5.73 Å². The van der Waals surface area contributed by atoms with Crippen molar-refractivity contribution in [3.63, 3.8) is 0 Å². The summed E-state index contributed by atoms with van der Waals surface area (Å²) in [6.45, 7) is 4.87. The van der Waals surface area contributed by atoms with E-state index in [9.17, 15) is 0 Å². The number of rotatable bonds is 3. The predicted octanol–water partition coefficient (Wildman–Crippen LogP) is 2.93. The summed E-state index contributed by atoms with van der Waals surface area (Å²) in [5.74, 6) is 1.06. The minimum atomic E-state index is 0.741. The molecule has 0 aliphatic carbocycles. The molecule has 0 aliphatic heterocycles. The van der Waals surface area contributed by atoms with E-state index < -0.39 is 0 Å². The lowest BCUT2D eigenvalue weighted by Gasteiger charge is -2.08. The summed E-state index contributed by atoms with van der Waals surface area (Å²) in [6.07, 6.45) is 0.889.